The summed E-state index contributed by atoms with van der Waals surface area (Å²) in [7, 11) is -4.39. The van der Waals surface area contributed by atoms with Crippen molar-refractivity contribution < 1.29 is 33.5 Å². The van der Waals surface area contributed by atoms with Gasteiger partial charge in [-0.1, -0.05) is 141 Å². The van der Waals surface area contributed by atoms with Crippen LogP contribution in [-0.2, 0) is 18.4 Å². The Labute approximate surface area is 288 Å². The van der Waals surface area contributed by atoms with Crippen LogP contribution in [0.1, 0.15) is 168 Å². The van der Waals surface area contributed by atoms with Crippen LogP contribution in [0.4, 0.5) is 0 Å². The molecule has 1 amide bonds. The highest BCUT2D eigenvalue weighted by Gasteiger charge is 2.27. The third-order valence-corrected chi connectivity index (χ3v) is 9.31. The maximum atomic E-state index is 12.7. The van der Waals surface area contributed by atoms with E-state index >= 15 is 0 Å². The van der Waals surface area contributed by atoms with Gasteiger partial charge >= 0.3 is 7.82 Å². The zero-order chi connectivity index (χ0) is 34.9. The van der Waals surface area contributed by atoms with Crippen molar-refractivity contribution in [3.8, 4) is 0 Å². The molecular weight excluding hydrogens is 615 g/mol. The molecule has 4 unspecified atom stereocenters. The number of allylic oxidation sites excluding steroid dienone is 3. The molecule has 278 valence electrons. The van der Waals surface area contributed by atoms with E-state index < -0.39 is 38.6 Å². The highest BCUT2D eigenvalue weighted by molar-refractivity contribution is 7.47. The van der Waals surface area contributed by atoms with Gasteiger partial charge in [0.15, 0.2) is 0 Å². The van der Waals surface area contributed by atoms with Crippen LogP contribution in [0, 0.1) is 0 Å². The standard InChI is InChI=1S/C37H73N2O7P/c1-3-5-7-9-11-13-15-16-17-19-20-22-24-26-28-34(40)32-37(42)39-35(33-46-47(43,44)45-31-30-38)36(41)29-27-25-23-21-18-14-12-10-8-6-4-2/h17,19,27,29,34-36,40-41H,3-16,18,20-26,28,30-33,38H2,1-2H3,(H,39,42)(H,43,44)/b19-17-,29-27+. The monoisotopic (exact) mass is 689 g/mol. The van der Waals surface area contributed by atoms with Crippen molar-refractivity contribution in [2.24, 2.45) is 5.73 Å². The molecule has 0 spiro atoms. The van der Waals surface area contributed by atoms with Gasteiger partial charge in [-0.05, 0) is 44.9 Å². The summed E-state index contributed by atoms with van der Waals surface area (Å²) < 4.78 is 21.9. The number of nitrogens with one attached hydrogen (secondary N) is 1. The van der Waals surface area contributed by atoms with Gasteiger partial charge in [-0.25, -0.2) is 4.57 Å². The fourth-order valence-corrected chi connectivity index (χ4v) is 6.16. The average molecular weight is 689 g/mol. The third kappa shape index (κ3) is 31.9. The van der Waals surface area contributed by atoms with E-state index in [0.29, 0.717) is 6.42 Å². The lowest BCUT2D eigenvalue weighted by molar-refractivity contribution is -0.124. The predicted molar refractivity (Wildman–Crippen MR) is 195 cm³/mol. The molecule has 0 aromatic heterocycles. The summed E-state index contributed by atoms with van der Waals surface area (Å²) >= 11 is 0. The first-order chi connectivity index (χ1) is 22.8. The summed E-state index contributed by atoms with van der Waals surface area (Å²) in [4.78, 5) is 22.6. The van der Waals surface area contributed by atoms with Crippen LogP contribution >= 0.6 is 7.82 Å². The molecule has 9 nitrogen and oxygen atoms in total. The molecule has 10 heteroatoms. The van der Waals surface area contributed by atoms with Crippen LogP contribution in [0.15, 0.2) is 24.3 Å². The second-order valence-electron chi connectivity index (χ2n) is 13.0. The van der Waals surface area contributed by atoms with Gasteiger partial charge in [-0.2, -0.15) is 0 Å². The minimum absolute atomic E-state index is 0.0478. The maximum Gasteiger partial charge on any atom is 0.472 e. The first-order valence-electron chi connectivity index (χ1n) is 19.0. The molecule has 4 atom stereocenters. The molecule has 0 fully saturated rings. The van der Waals surface area contributed by atoms with Gasteiger partial charge in [0.25, 0.3) is 0 Å². The van der Waals surface area contributed by atoms with Crippen molar-refractivity contribution >= 4 is 13.7 Å². The molecule has 0 saturated heterocycles. The van der Waals surface area contributed by atoms with E-state index in [1.165, 1.54) is 89.9 Å². The molecule has 0 saturated carbocycles. The van der Waals surface area contributed by atoms with Crippen molar-refractivity contribution in [3.63, 3.8) is 0 Å². The van der Waals surface area contributed by atoms with Crippen molar-refractivity contribution in [3.05, 3.63) is 24.3 Å². The van der Waals surface area contributed by atoms with E-state index in [4.69, 9.17) is 14.8 Å². The van der Waals surface area contributed by atoms with E-state index in [1.54, 1.807) is 6.08 Å². The molecule has 0 aliphatic heterocycles. The Hall–Kier alpha value is -1.06. The van der Waals surface area contributed by atoms with Gasteiger partial charge in [-0.3, -0.25) is 13.8 Å². The van der Waals surface area contributed by atoms with E-state index in [-0.39, 0.29) is 19.6 Å². The Morgan fingerprint density at radius 3 is 1.70 bits per heavy atom. The molecule has 0 rings (SSSR count). The first-order valence-corrected chi connectivity index (χ1v) is 20.5. The summed E-state index contributed by atoms with van der Waals surface area (Å²) in [6, 6.07) is -0.983. The highest BCUT2D eigenvalue weighted by atomic mass is 31.2. The summed E-state index contributed by atoms with van der Waals surface area (Å²) in [6.07, 6.45) is 32.6. The SMILES string of the molecule is CCCCCCCCC/C=C\CCCCCC(O)CC(=O)NC(COP(=O)(O)OCCN)C(O)/C=C/CCCCCCCCCCC. The molecular formula is C37H73N2O7P. The Bertz CT molecular complexity index is 812. The number of nitrogens with two attached hydrogens (primary N) is 1. The van der Waals surface area contributed by atoms with Gasteiger partial charge in [0.1, 0.15) is 0 Å². The minimum Gasteiger partial charge on any atom is -0.393 e. The van der Waals surface area contributed by atoms with Gasteiger partial charge in [0.2, 0.25) is 5.91 Å². The topological polar surface area (TPSA) is 151 Å². The number of phosphoric acid groups is 1. The molecule has 0 aliphatic rings. The van der Waals surface area contributed by atoms with Crippen molar-refractivity contribution in [1.82, 2.24) is 5.32 Å². The second kappa shape index (κ2) is 33.4. The number of aliphatic hydroxyl groups excluding tert-OH is 2. The fourth-order valence-electron chi connectivity index (χ4n) is 5.40. The van der Waals surface area contributed by atoms with Crippen LogP contribution in [0.2, 0.25) is 0 Å². The van der Waals surface area contributed by atoms with Crippen molar-refractivity contribution in [2.75, 3.05) is 19.8 Å². The lowest BCUT2D eigenvalue weighted by atomic mass is 10.0. The van der Waals surface area contributed by atoms with Crippen LogP contribution in [0.3, 0.4) is 0 Å². The van der Waals surface area contributed by atoms with E-state index in [9.17, 15) is 24.5 Å². The summed E-state index contributed by atoms with van der Waals surface area (Å²) in [5, 5.41) is 23.9. The first kappa shape index (κ1) is 45.9. The molecule has 47 heavy (non-hydrogen) atoms. The van der Waals surface area contributed by atoms with Crippen LogP contribution < -0.4 is 11.1 Å². The van der Waals surface area contributed by atoms with Gasteiger partial charge in [-0.15, -0.1) is 0 Å². The third-order valence-electron chi connectivity index (χ3n) is 8.33. The Morgan fingerprint density at radius 2 is 1.19 bits per heavy atom. The fraction of sp³-hybridized carbons (Fsp3) is 0.865. The second-order valence-corrected chi connectivity index (χ2v) is 14.4. The molecule has 0 radical (unpaired) electrons. The van der Waals surface area contributed by atoms with E-state index in [0.717, 1.165) is 51.4 Å². The Balaban J connectivity index is 4.44. The van der Waals surface area contributed by atoms with E-state index in [2.05, 4.69) is 31.3 Å². The summed E-state index contributed by atoms with van der Waals surface area (Å²) in [5.41, 5.74) is 5.34. The predicted octanol–water partition coefficient (Wildman–Crippen LogP) is 8.80. The molecule has 0 aliphatic carbocycles. The maximum absolute atomic E-state index is 12.7. The van der Waals surface area contributed by atoms with Crippen LogP contribution in [-0.4, -0.2) is 59.0 Å². The number of hydrogen-bond donors (Lipinski definition) is 5. The van der Waals surface area contributed by atoms with Crippen molar-refractivity contribution in [2.45, 2.75) is 186 Å². The number of amides is 1. The highest BCUT2D eigenvalue weighted by Crippen LogP contribution is 2.43. The van der Waals surface area contributed by atoms with Gasteiger partial charge in [0, 0.05) is 6.54 Å². The molecule has 0 bridgehead atoms. The number of carbonyl (C=O) groups excluding carboxylic acids is 1. The zero-order valence-corrected chi connectivity index (χ0v) is 31.0. The number of aliphatic hydroxyl groups is 2. The lowest BCUT2D eigenvalue weighted by Gasteiger charge is -2.24. The smallest absolute Gasteiger partial charge is 0.393 e. The van der Waals surface area contributed by atoms with Gasteiger partial charge in [0.05, 0.1) is 37.9 Å². The molecule has 0 aromatic carbocycles. The largest absolute Gasteiger partial charge is 0.472 e. The van der Waals surface area contributed by atoms with Crippen molar-refractivity contribution in [1.29, 1.82) is 0 Å². The average Bonchev–Trinajstić information content (AvgIpc) is 3.04. The quantitative estimate of drug-likeness (QED) is 0.0252. The van der Waals surface area contributed by atoms with Crippen LogP contribution in [0.25, 0.3) is 0 Å². The van der Waals surface area contributed by atoms with Crippen LogP contribution in [0.5, 0.6) is 0 Å². The Morgan fingerprint density at radius 1 is 0.723 bits per heavy atom. The minimum atomic E-state index is -4.39. The molecule has 0 aromatic rings. The Kier molecular flexibility index (Phi) is 32.7. The number of hydrogen-bond acceptors (Lipinski definition) is 7. The van der Waals surface area contributed by atoms with E-state index in [1.807, 2.05) is 6.08 Å². The number of carbonyl (C=O) groups is 1. The molecule has 0 heterocycles. The zero-order valence-electron chi connectivity index (χ0n) is 30.1. The number of phosphoric ester groups is 1. The summed E-state index contributed by atoms with van der Waals surface area (Å²) in [5.74, 6) is -0.457. The number of unbranched alkanes of at least 4 members (excludes halogenated alkanes) is 19. The normalized spacial score (nSPS) is 15.3. The lowest BCUT2D eigenvalue weighted by Crippen LogP contribution is -2.46. The van der Waals surface area contributed by atoms with Gasteiger partial charge < -0.3 is 26.2 Å². The molecule has 6 N–H and O–H groups in total. The number of rotatable bonds is 35. The summed E-state index contributed by atoms with van der Waals surface area (Å²) in [6.45, 7) is 3.92.